The highest BCUT2D eigenvalue weighted by Gasteiger charge is 2.14. The van der Waals surface area contributed by atoms with Crippen molar-refractivity contribution < 1.29 is 0 Å². The Morgan fingerprint density at radius 1 is 1.53 bits per heavy atom. The van der Waals surface area contributed by atoms with E-state index in [0.717, 1.165) is 29.9 Å². The van der Waals surface area contributed by atoms with Crippen molar-refractivity contribution in [3.05, 3.63) is 33.4 Å². The van der Waals surface area contributed by atoms with Crippen LogP contribution in [0.5, 0.6) is 0 Å². The lowest BCUT2D eigenvalue weighted by atomic mass is 10.2. The minimum Gasteiger partial charge on any atom is -0.384 e. The number of rotatable bonds is 3. The molecule has 4 nitrogen and oxygen atoms in total. The molecule has 0 saturated heterocycles. The first-order valence-corrected chi connectivity index (χ1v) is 6.31. The zero-order valence-corrected chi connectivity index (χ0v) is 10.7. The molecule has 0 saturated carbocycles. The van der Waals surface area contributed by atoms with E-state index in [-0.39, 0.29) is 0 Å². The standard InChI is InChI=1S/C12H14N4S/c1-8-9(2)16(12(14)11(8)5-13)4-3-10-6-17-7-15-10/h6-7H,3-4,14H2,1-2H3. The first-order valence-electron chi connectivity index (χ1n) is 5.37. The van der Waals surface area contributed by atoms with Crippen LogP contribution in [0, 0.1) is 25.2 Å². The van der Waals surface area contributed by atoms with Gasteiger partial charge < -0.3 is 10.3 Å². The molecular weight excluding hydrogens is 232 g/mol. The number of hydrogen-bond donors (Lipinski definition) is 1. The third-order valence-corrected chi connectivity index (χ3v) is 3.69. The second-order valence-corrected chi connectivity index (χ2v) is 4.68. The summed E-state index contributed by atoms with van der Waals surface area (Å²) in [6, 6.07) is 2.16. The molecule has 0 spiro atoms. The van der Waals surface area contributed by atoms with Crippen LogP contribution < -0.4 is 5.73 Å². The van der Waals surface area contributed by atoms with Gasteiger partial charge in [0.15, 0.2) is 0 Å². The summed E-state index contributed by atoms with van der Waals surface area (Å²) in [4.78, 5) is 4.24. The second kappa shape index (κ2) is 4.60. The van der Waals surface area contributed by atoms with E-state index in [4.69, 9.17) is 11.0 Å². The SMILES string of the molecule is Cc1c(C#N)c(N)n(CCc2cscn2)c1C. The molecule has 2 heterocycles. The van der Waals surface area contributed by atoms with E-state index in [1.165, 1.54) is 0 Å². The van der Waals surface area contributed by atoms with Crippen molar-refractivity contribution in [2.75, 3.05) is 5.73 Å². The van der Waals surface area contributed by atoms with Gasteiger partial charge in [-0.1, -0.05) is 0 Å². The molecule has 0 aliphatic rings. The second-order valence-electron chi connectivity index (χ2n) is 3.96. The summed E-state index contributed by atoms with van der Waals surface area (Å²) in [6.07, 6.45) is 0.841. The summed E-state index contributed by atoms with van der Waals surface area (Å²) in [7, 11) is 0. The van der Waals surface area contributed by atoms with Crippen LogP contribution in [0.3, 0.4) is 0 Å². The fraction of sp³-hybridized carbons (Fsp3) is 0.333. The number of aromatic nitrogens is 2. The number of aryl methyl sites for hydroxylation is 1. The van der Waals surface area contributed by atoms with Gasteiger partial charge in [0.1, 0.15) is 11.9 Å². The molecule has 0 atom stereocenters. The van der Waals surface area contributed by atoms with Crippen molar-refractivity contribution in [2.24, 2.45) is 0 Å². The lowest BCUT2D eigenvalue weighted by molar-refractivity contribution is 0.681. The Kier molecular flexibility index (Phi) is 3.16. The maximum Gasteiger partial charge on any atom is 0.122 e. The predicted molar refractivity (Wildman–Crippen MR) is 68.9 cm³/mol. The van der Waals surface area contributed by atoms with Crippen molar-refractivity contribution in [3.8, 4) is 6.07 Å². The highest BCUT2D eigenvalue weighted by Crippen LogP contribution is 2.23. The Morgan fingerprint density at radius 3 is 2.82 bits per heavy atom. The van der Waals surface area contributed by atoms with E-state index < -0.39 is 0 Å². The highest BCUT2D eigenvalue weighted by atomic mass is 32.1. The van der Waals surface area contributed by atoms with Gasteiger partial charge in [-0.15, -0.1) is 11.3 Å². The van der Waals surface area contributed by atoms with Gasteiger partial charge in [0.2, 0.25) is 0 Å². The molecule has 88 valence electrons. The largest absolute Gasteiger partial charge is 0.384 e. The summed E-state index contributed by atoms with van der Waals surface area (Å²) < 4.78 is 1.99. The Labute approximate surface area is 104 Å². The molecule has 0 radical (unpaired) electrons. The predicted octanol–water partition coefficient (Wildman–Crippen LogP) is 2.26. The number of thiazole rings is 1. The van der Waals surface area contributed by atoms with Crippen LogP contribution in [0.15, 0.2) is 10.9 Å². The van der Waals surface area contributed by atoms with E-state index in [9.17, 15) is 0 Å². The van der Waals surface area contributed by atoms with Crippen LogP contribution >= 0.6 is 11.3 Å². The lowest BCUT2D eigenvalue weighted by Gasteiger charge is -2.07. The van der Waals surface area contributed by atoms with E-state index in [1.54, 1.807) is 11.3 Å². The topological polar surface area (TPSA) is 67.6 Å². The van der Waals surface area contributed by atoms with E-state index >= 15 is 0 Å². The zero-order valence-electron chi connectivity index (χ0n) is 9.90. The van der Waals surface area contributed by atoms with Gasteiger partial charge in [0.05, 0.1) is 16.8 Å². The molecule has 0 fully saturated rings. The third kappa shape index (κ3) is 2.04. The quantitative estimate of drug-likeness (QED) is 0.903. The number of anilines is 1. The number of nitrogens with two attached hydrogens (primary N) is 1. The summed E-state index contributed by atoms with van der Waals surface area (Å²) in [5, 5.41) is 11.1. The number of nitrogen functional groups attached to an aromatic ring is 1. The molecule has 2 rings (SSSR count). The monoisotopic (exact) mass is 246 g/mol. The van der Waals surface area contributed by atoms with Crippen LogP contribution in [-0.4, -0.2) is 9.55 Å². The number of hydrogen-bond acceptors (Lipinski definition) is 4. The molecule has 2 aromatic rings. The molecule has 0 bridgehead atoms. The average molecular weight is 246 g/mol. The van der Waals surface area contributed by atoms with Gasteiger partial charge in [-0.25, -0.2) is 4.98 Å². The Hall–Kier alpha value is -1.80. The van der Waals surface area contributed by atoms with E-state index in [1.807, 2.05) is 29.3 Å². The fourth-order valence-electron chi connectivity index (χ4n) is 1.91. The van der Waals surface area contributed by atoms with Gasteiger partial charge in [-0.05, 0) is 19.4 Å². The van der Waals surface area contributed by atoms with Crippen molar-refractivity contribution in [1.82, 2.24) is 9.55 Å². The van der Waals surface area contributed by atoms with Gasteiger partial charge in [-0.3, -0.25) is 0 Å². The van der Waals surface area contributed by atoms with Gasteiger partial charge in [0, 0.05) is 24.0 Å². The lowest BCUT2D eigenvalue weighted by Crippen LogP contribution is -2.07. The summed E-state index contributed by atoms with van der Waals surface area (Å²) in [5.41, 5.74) is 11.5. The minimum atomic E-state index is 0.567. The first-order chi connectivity index (χ1) is 8.15. The molecule has 0 unspecified atom stereocenters. The molecule has 2 aromatic heterocycles. The normalized spacial score (nSPS) is 10.4. The van der Waals surface area contributed by atoms with Gasteiger partial charge in [0.25, 0.3) is 0 Å². The van der Waals surface area contributed by atoms with Crippen LogP contribution in [0.25, 0.3) is 0 Å². The molecule has 5 heteroatoms. The third-order valence-electron chi connectivity index (χ3n) is 3.06. The van der Waals surface area contributed by atoms with Crippen LogP contribution in [0.1, 0.15) is 22.5 Å². The molecule has 0 amide bonds. The highest BCUT2D eigenvalue weighted by molar-refractivity contribution is 7.07. The number of nitrogens with zero attached hydrogens (tertiary/aromatic N) is 3. The number of nitriles is 1. The average Bonchev–Trinajstić information content (AvgIpc) is 2.88. The maximum absolute atomic E-state index is 9.04. The fourth-order valence-corrected chi connectivity index (χ4v) is 2.50. The van der Waals surface area contributed by atoms with Gasteiger partial charge >= 0.3 is 0 Å². The zero-order chi connectivity index (χ0) is 12.4. The van der Waals surface area contributed by atoms with Crippen molar-refractivity contribution >= 4 is 17.2 Å². The minimum absolute atomic E-state index is 0.567. The molecule has 0 aliphatic carbocycles. The summed E-state index contributed by atoms with van der Waals surface area (Å²) in [5.74, 6) is 0.567. The molecular formula is C12H14N4S. The van der Waals surface area contributed by atoms with E-state index in [2.05, 4.69) is 11.1 Å². The van der Waals surface area contributed by atoms with Crippen LogP contribution in [-0.2, 0) is 13.0 Å². The summed E-state index contributed by atoms with van der Waals surface area (Å²) >= 11 is 1.59. The molecule has 2 N–H and O–H groups in total. The van der Waals surface area contributed by atoms with Crippen LogP contribution in [0.4, 0.5) is 5.82 Å². The Bertz CT molecular complexity index is 560. The molecule has 0 aliphatic heterocycles. The molecule has 0 aromatic carbocycles. The van der Waals surface area contributed by atoms with Crippen molar-refractivity contribution in [1.29, 1.82) is 5.26 Å². The van der Waals surface area contributed by atoms with Crippen LogP contribution in [0.2, 0.25) is 0 Å². The van der Waals surface area contributed by atoms with E-state index in [0.29, 0.717) is 11.4 Å². The van der Waals surface area contributed by atoms with Gasteiger partial charge in [-0.2, -0.15) is 5.26 Å². The summed E-state index contributed by atoms with van der Waals surface area (Å²) in [6.45, 7) is 4.70. The maximum atomic E-state index is 9.04. The first kappa shape index (κ1) is 11.7. The van der Waals surface area contributed by atoms with Crippen molar-refractivity contribution in [2.45, 2.75) is 26.8 Å². The Balaban J connectivity index is 2.25. The Morgan fingerprint density at radius 2 is 2.29 bits per heavy atom. The smallest absolute Gasteiger partial charge is 0.122 e. The van der Waals surface area contributed by atoms with Crippen molar-refractivity contribution in [3.63, 3.8) is 0 Å². The molecule has 17 heavy (non-hydrogen) atoms.